The highest BCUT2D eigenvalue weighted by Crippen LogP contribution is 2.17. The summed E-state index contributed by atoms with van der Waals surface area (Å²) in [6, 6.07) is 0. The third-order valence-corrected chi connectivity index (χ3v) is 11.2. The van der Waals surface area contributed by atoms with Crippen LogP contribution in [0, 0.1) is 5.92 Å². The van der Waals surface area contributed by atoms with E-state index in [9.17, 15) is 14.4 Å². The van der Waals surface area contributed by atoms with Crippen molar-refractivity contribution in [3.8, 4) is 0 Å². The maximum atomic E-state index is 12.7. The van der Waals surface area contributed by atoms with Gasteiger partial charge in [0.25, 0.3) is 0 Å². The molecule has 6 nitrogen and oxygen atoms in total. The van der Waals surface area contributed by atoms with Gasteiger partial charge in [0.05, 0.1) is 0 Å². The quantitative estimate of drug-likeness (QED) is 0.0349. The van der Waals surface area contributed by atoms with E-state index in [4.69, 9.17) is 14.2 Å². The molecule has 0 saturated heterocycles. The van der Waals surface area contributed by atoms with Crippen molar-refractivity contribution in [1.29, 1.82) is 0 Å². The molecule has 2 atom stereocenters. The Bertz CT molecular complexity index is 813. The van der Waals surface area contributed by atoms with Gasteiger partial charge in [0.15, 0.2) is 6.10 Å². The average Bonchev–Trinajstić information content (AvgIpc) is 3.17. The molecule has 6 heteroatoms. The number of hydrogen-bond donors (Lipinski definition) is 0. The first-order valence-electron chi connectivity index (χ1n) is 23.9. The Morgan fingerprint density at radius 2 is 0.648 bits per heavy atom. The standard InChI is InChI=1S/C48H92O6/c1-5-8-10-12-14-16-18-19-25-29-33-37-41-48(51)54-45(42-52-46(49)39-35-31-27-23-17-15-13-11-9-6-2)43-53-47(50)40-36-32-28-24-21-20-22-26-30-34-38-44(4)7-3/h44-45H,5-43H2,1-4H3/t44?,45-/m0/s1. The molecule has 0 aromatic heterocycles. The van der Waals surface area contributed by atoms with Gasteiger partial charge in [-0.25, -0.2) is 0 Å². The molecule has 0 rings (SSSR count). The minimum Gasteiger partial charge on any atom is -0.462 e. The van der Waals surface area contributed by atoms with Crippen LogP contribution in [-0.2, 0) is 28.6 Å². The van der Waals surface area contributed by atoms with Crippen molar-refractivity contribution in [3.63, 3.8) is 0 Å². The first-order valence-corrected chi connectivity index (χ1v) is 23.9. The van der Waals surface area contributed by atoms with Gasteiger partial charge in [-0.2, -0.15) is 0 Å². The van der Waals surface area contributed by atoms with Crippen LogP contribution in [0.1, 0.15) is 265 Å². The Kier molecular flexibility index (Phi) is 41.3. The number of rotatable bonds is 43. The van der Waals surface area contributed by atoms with Gasteiger partial charge in [0.2, 0.25) is 0 Å². The van der Waals surface area contributed by atoms with Crippen LogP contribution in [0.5, 0.6) is 0 Å². The summed E-state index contributed by atoms with van der Waals surface area (Å²) in [5, 5.41) is 0. The van der Waals surface area contributed by atoms with Crippen molar-refractivity contribution in [2.45, 2.75) is 271 Å². The van der Waals surface area contributed by atoms with Crippen LogP contribution in [0.4, 0.5) is 0 Å². The van der Waals surface area contributed by atoms with Crippen molar-refractivity contribution >= 4 is 17.9 Å². The second-order valence-electron chi connectivity index (χ2n) is 16.6. The number of ether oxygens (including phenoxy) is 3. The SMILES string of the molecule is CCCCCCCCCCCCCCC(=O)O[C@@H](COC(=O)CCCCCCCCCCCC)COC(=O)CCCCCCCCCCCCC(C)CC. The van der Waals surface area contributed by atoms with E-state index >= 15 is 0 Å². The molecule has 0 radical (unpaired) electrons. The summed E-state index contributed by atoms with van der Waals surface area (Å²) in [6.07, 6.45) is 42.2. The number of esters is 3. The summed E-state index contributed by atoms with van der Waals surface area (Å²) in [6.45, 7) is 9.02. The Labute approximate surface area is 336 Å². The summed E-state index contributed by atoms with van der Waals surface area (Å²) in [4.78, 5) is 37.7. The molecular formula is C48H92O6. The van der Waals surface area contributed by atoms with Crippen LogP contribution in [-0.4, -0.2) is 37.2 Å². The zero-order valence-electron chi connectivity index (χ0n) is 36.7. The average molecular weight is 765 g/mol. The minimum atomic E-state index is -0.759. The number of hydrogen-bond acceptors (Lipinski definition) is 6. The molecule has 320 valence electrons. The molecule has 0 bridgehead atoms. The fourth-order valence-electron chi connectivity index (χ4n) is 7.12. The number of unbranched alkanes of at least 4 members (excludes halogenated alkanes) is 29. The van der Waals surface area contributed by atoms with E-state index in [1.165, 1.54) is 161 Å². The van der Waals surface area contributed by atoms with E-state index in [1.807, 2.05) is 0 Å². The van der Waals surface area contributed by atoms with Crippen molar-refractivity contribution < 1.29 is 28.6 Å². The maximum absolute atomic E-state index is 12.7. The van der Waals surface area contributed by atoms with Crippen LogP contribution in [0.25, 0.3) is 0 Å². The lowest BCUT2D eigenvalue weighted by Gasteiger charge is -2.18. The van der Waals surface area contributed by atoms with Gasteiger partial charge in [-0.15, -0.1) is 0 Å². The third-order valence-electron chi connectivity index (χ3n) is 11.2. The highest BCUT2D eigenvalue weighted by atomic mass is 16.6. The molecule has 0 aliphatic carbocycles. The summed E-state index contributed by atoms with van der Waals surface area (Å²) < 4.78 is 16.7. The summed E-state index contributed by atoms with van der Waals surface area (Å²) in [5.74, 6) is 0.0178. The van der Waals surface area contributed by atoms with Gasteiger partial charge in [-0.05, 0) is 25.2 Å². The smallest absolute Gasteiger partial charge is 0.306 e. The predicted octanol–water partition coefficient (Wildman–Crippen LogP) is 15.1. The van der Waals surface area contributed by atoms with Crippen molar-refractivity contribution in [3.05, 3.63) is 0 Å². The van der Waals surface area contributed by atoms with Gasteiger partial charge in [0, 0.05) is 19.3 Å². The topological polar surface area (TPSA) is 78.9 Å². The Morgan fingerprint density at radius 3 is 0.963 bits per heavy atom. The molecule has 0 aromatic rings. The lowest BCUT2D eigenvalue weighted by atomic mass is 9.99. The fourth-order valence-corrected chi connectivity index (χ4v) is 7.12. The minimum absolute atomic E-state index is 0.0636. The monoisotopic (exact) mass is 765 g/mol. The van der Waals surface area contributed by atoms with Gasteiger partial charge >= 0.3 is 17.9 Å². The van der Waals surface area contributed by atoms with Gasteiger partial charge in [-0.1, -0.05) is 227 Å². The van der Waals surface area contributed by atoms with Crippen molar-refractivity contribution in [2.75, 3.05) is 13.2 Å². The Morgan fingerprint density at radius 1 is 0.370 bits per heavy atom. The van der Waals surface area contributed by atoms with Crippen molar-refractivity contribution in [2.24, 2.45) is 5.92 Å². The molecular weight excluding hydrogens is 673 g/mol. The van der Waals surface area contributed by atoms with E-state index in [0.29, 0.717) is 19.3 Å². The number of carbonyl (C=O) groups excluding carboxylic acids is 3. The van der Waals surface area contributed by atoms with Crippen LogP contribution < -0.4 is 0 Å². The largest absolute Gasteiger partial charge is 0.462 e. The van der Waals surface area contributed by atoms with Crippen LogP contribution in [0.2, 0.25) is 0 Å². The molecule has 54 heavy (non-hydrogen) atoms. The van der Waals surface area contributed by atoms with Gasteiger partial charge in [-0.3, -0.25) is 14.4 Å². The lowest BCUT2D eigenvalue weighted by molar-refractivity contribution is -0.167. The van der Waals surface area contributed by atoms with E-state index in [1.54, 1.807) is 0 Å². The maximum Gasteiger partial charge on any atom is 0.306 e. The fraction of sp³-hybridized carbons (Fsp3) is 0.938. The first kappa shape index (κ1) is 52.4. The zero-order valence-corrected chi connectivity index (χ0v) is 36.7. The third kappa shape index (κ3) is 40.1. The Hall–Kier alpha value is -1.59. The zero-order chi connectivity index (χ0) is 39.6. The highest BCUT2D eigenvalue weighted by molar-refractivity contribution is 5.71. The van der Waals surface area contributed by atoms with Crippen LogP contribution >= 0.6 is 0 Å². The molecule has 0 spiro atoms. The molecule has 0 aromatic carbocycles. The number of carbonyl (C=O) groups is 3. The molecule has 0 aliphatic heterocycles. The second-order valence-corrected chi connectivity index (χ2v) is 16.6. The van der Waals surface area contributed by atoms with E-state index < -0.39 is 6.10 Å². The normalized spacial score (nSPS) is 12.4. The van der Waals surface area contributed by atoms with E-state index in [0.717, 1.165) is 63.7 Å². The molecule has 1 unspecified atom stereocenters. The molecule has 0 saturated carbocycles. The van der Waals surface area contributed by atoms with Crippen LogP contribution in [0.3, 0.4) is 0 Å². The van der Waals surface area contributed by atoms with Gasteiger partial charge in [0.1, 0.15) is 13.2 Å². The van der Waals surface area contributed by atoms with Crippen molar-refractivity contribution in [1.82, 2.24) is 0 Å². The van der Waals surface area contributed by atoms with E-state index in [2.05, 4.69) is 27.7 Å². The summed E-state index contributed by atoms with van der Waals surface area (Å²) >= 11 is 0. The van der Waals surface area contributed by atoms with E-state index in [-0.39, 0.29) is 31.1 Å². The first-order chi connectivity index (χ1) is 26.4. The molecule has 0 fully saturated rings. The highest BCUT2D eigenvalue weighted by Gasteiger charge is 2.19. The van der Waals surface area contributed by atoms with Crippen LogP contribution in [0.15, 0.2) is 0 Å². The van der Waals surface area contributed by atoms with Gasteiger partial charge < -0.3 is 14.2 Å². The molecule has 0 aliphatic rings. The second kappa shape index (κ2) is 42.6. The Balaban J connectivity index is 4.32. The molecule has 0 N–H and O–H groups in total. The molecule has 0 heterocycles. The summed E-state index contributed by atoms with van der Waals surface area (Å²) in [7, 11) is 0. The predicted molar refractivity (Wildman–Crippen MR) is 229 cm³/mol. The molecule has 0 amide bonds. The summed E-state index contributed by atoms with van der Waals surface area (Å²) in [5.41, 5.74) is 0. The lowest BCUT2D eigenvalue weighted by Crippen LogP contribution is -2.30.